The molecule has 0 aliphatic rings. The lowest BCUT2D eigenvalue weighted by atomic mass is 10.2. The van der Waals surface area contributed by atoms with Crippen LogP contribution in [0, 0.1) is 0 Å². The van der Waals surface area contributed by atoms with Gasteiger partial charge in [0.2, 0.25) is 5.91 Å². The lowest BCUT2D eigenvalue weighted by Crippen LogP contribution is -2.19. The van der Waals surface area contributed by atoms with Crippen LogP contribution in [0.15, 0.2) is 61.2 Å². The number of halogens is 1. The fourth-order valence-electron chi connectivity index (χ4n) is 2.07. The molecule has 24 heavy (non-hydrogen) atoms. The number of benzene rings is 2. The molecule has 0 aliphatic carbocycles. The minimum absolute atomic E-state index is 0.107. The van der Waals surface area contributed by atoms with E-state index in [9.17, 15) is 4.79 Å². The van der Waals surface area contributed by atoms with Gasteiger partial charge in [-0.05, 0) is 29.8 Å². The van der Waals surface area contributed by atoms with Crippen molar-refractivity contribution in [3.63, 3.8) is 0 Å². The van der Waals surface area contributed by atoms with Gasteiger partial charge in [0, 0.05) is 16.8 Å². The lowest BCUT2D eigenvalue weighted by Gasteiger charge is -2.09. The highest BCUT2D eigenvalue weighted by atomic mass is 35.5. The fourth-order valence-corrected chi connectivity index (χ4v) is 2.20. The van der Waals surface area contributed by atoms with E-state index in [0.29, 0.717) is 23.1 Å². The van der Waals surface area contributed by atoms with Gasteiger partial charge >= 0.3 is 0 Å². The summed E-state index contributed by atoms with van der Waals surface area (Å²) < 4.78 is 7.19. The zero-order valence-electron chi connectivity index (χ0n) is 12.7. The third-order valence-corrected chi connectivity index (χ3v) is 3.46. The van der Waals surface area contributed by atoms with Gasteiger partial charge in [0.25, 0.3) is 0 Å². The maximum absolute atomic E-state index is 11.9. The summed E-state index contributed by atoms with van der Waals surface area (Å²) in [6.45, 7) is 0.531. The summed E-state index contributed by atoms with van der Waals surface area (Å²) in [6.07, 6.45) is 2.88. The molecule has 0 unspecified atom stereocenters. The number of carbonyl (C=O) groups excluding carboxylic acids is 1. The quantitative estimate of drug-likeness (QED) is 0.747. The van der Waals surface area contributed by atoms with E-state index in [2.05, 4.69) is 15.4 Å². The average molecular weight is 343 g/mol. The van der Waals surface area contributed by atoms with Crippen LogP contribution in [0.4, 0.5) is 5.69 Å². The third kappa shape index (κ3) is 4.57. The Morgan fingerprint density at radius 1 is 1.21 bits per heavy atom. The Morgan fingerprint density at radius 2 is 2.04 bits per heavy atom. The Kier molecular flexibility index (Phi) is 5.08. The molecule has 7 heteroatoms. The highest BCUT2D eigenvalue weighted by Crippen LogP contribution is 2.19. The molecule has 122 valence electrons. The molecule has 0 bridgehead atoms. The Hall–Kier alpha value is -2.86. The number of hydrogen-bond donors (Lipinski definition) is 1. The first-order chi connectivity index (χ1) is 11.7. The molecular weight excluding hydrogens is 328 g/mol. The molecule has 0 aliphatic heterocycles. The van der Waals surface area contributed by atoms with Crippen LogP contribution >= 0.6 is 11.6 Å². The minimum atomic E-state index is -0.185. The predicted octanol–water partition coefficient (Wildman–Crippen LogP) is 3.15. The Balaban J connectivity index is 1.57. The second-order valence-electron chi connectivity index (χ2n) is 5.08. The normalized spacial score (nSPS) is 10.4. The maximum atomic E-state index is 11.9. The molecule has 0 radical (unpaired) electrons. The smallest absolute Gasteiger partial charge is 0.246 e. The summed E-state index contributed by atoms with van der Waals surface area (Å²) in [4.78, 5) is 15.7. The van der Waals surface area contributed by atoms with Crippen LogP contribution in [-0.2, 0) is 17.9 Å². The number of nitrogens with zero attached hydrogens (tertiary/aromatic N) is 3. The second kappa shape index (κ2) is 7.61. The molecular formula is C17H15ClN4O2. The summed E-state index contributed by atoms with van der Waals surface area (Å²) >= 11 is 5.86. The summed E-state index contributed by atoms with van der Waals surface area (Å²) in [5.41, 5.74) is 1.67. The zero-order chi connectivity index (χ0) is 16.8. The van der Waals surface area contributed by atoms with Crippen LogP contribution in [0.5, 0.6) is 5.75 Å². The largest absolute Gasteiger partial charge is 0.489 e. The van der Waals surface area contributed by atoms with Crippen LogP contribution in [0.1, 0.15) is 5.56 Å². The lowest BCUT2D eigenvalue weighted by molar-refractivity contribution is -0.116. The number of nitrogens with one attached hydrogen (secondary N) is 1. The molecule has 3 rings (SSSR count). The first-order valence-electron chi connectivity index (χ1n) is 7.28. The van der Waals surface area contributed by atoms with E-state index in [4.69, 9.17) is 16.3 Å². The van der Waals surface area contributed by atoms with Crippen molar-refractivity contribution in [1.29, 1.82) is 0 Å². The molecule has 6 nitrogen and oxygen atoms in total. The Labute approximate surface area is 144 Å². The Morgan fingerprint density at radius 3 is 2.79 bits per heavy atom. The van der Waals surface area contributed by atoms with Crippen molar-refractivity contribution in [2.45, 2.75) is 13.2 Å². The van der Waals surface area contributed by atoms with Gasteiger partial charge in [-0.2, -0.15) is 5.10 Å². The predicted molar refractivity (Wildman–Crippen MR) is 90.9 cm³/mol. The molecule has 0 fully saturated rings. The molecule has 0 spiro atoms. The van der Waals surface area contributed by atoms with Crippen LogP contribution in [0.2, 0.25) is 5.02 Å². The summed E-state index contributed by atoms with van der Waals surface area (Å²) in [5.74, 6) is 0.485. The van der Waals surface area contributed by atoms with Gasteiger partial charge in [0.15, 0.2) is 0 Å². The molecule has 0 atom stereocenters. The minimum Gasteiger partial charge on any atom is -0.489 e. The molecule has 0 saturated heterocycles. The molecule has 1 aromatic heterocycles. The maximum Gasteiger partial charge on any atom is 0.246 e. The van der Waals surface area contributed by atoms with Gasteiger partial charge in [0.1, 0.15) is 31.6 Å². The zero-order valence-corrected chi connectivity index (χ0v) is 13.5. The number of rotatable bonds is 6. The van der Waals surface area contributed by atoms with Crippen LogP contribution in [0.3, 0.4) is 0 Å². The van der Waals surface area contributed by atoms with Crippen molar-refractivity contribution in [1.82, 2.24) is 14.8 Å². The van der Waals surface area contributed by atoms with Gasteiger partial charge in [-0.3, -0.25) is 4.79 Å². The highest BCUT2D eigenvalue weighted by molar-refractivity contribution is 6.30. The van der Waals surface area contributed by atoms with E-state index >= 15 is 0 Å². The van der Waals surface area contributed by atoms with E-state index in [-0.39, 0.29) is 12.5 Å². The first kappa shape index (κ1) is 16.0. The number of aromatic nitrogens is 3. The van der Waals surface area contributed by atoms with Crippen LogP contribution < -0.4 is 10.1 Å². The van der Waals surface area contributed by atoms with Crippen molar-refractivity contribution in [3.05, 3.63) is 71.8 Å². The van der Waals surface area contributed by atoms with E-state index < -0.39 is 0 Å². The summed E-state index contributed by atoms with van der Waals surface area (Å²) in [6, 6.07) is 14.7. The van der Waals surface area contributed by atoms with Crippen LogP contribution in [-0.4, -0.2) is 20.7 Å². The number of carbonyl (C=O) groups is 1. The number of amides is 1. The molecule has 1 amide bonds. The number of hydrogen-bond acceptors (Lipinski definition) is 4. The highest BCUT2D eigenvalue weighted by Gasteiger charge is 2.05. The van der Waals surface area contributed by atoms with Gasteiger partial charge in [-0.25, -0.2) is 9.67 Å². The van der Waals surface area contributed by atoms with Crippen LogP contribution in [0.25, 0.3) is 0 Å². The first-order valence-corrected chi connectivity index (χ1v) is 7.66. The molecule has 0 saturated carbocycles. The number of ether oxygens (including phenoxy) is 1. The molecule has 3 aromatic rings. The van der Waals surface area contributed by atoms with Crippen molar-refractivity contribution in [3.8, 4) is 5.75 Å². The van der Waals surface area contributed by atoms with Crippen molar-refractivity contribution in [2.75, 3.05) is 5.32 Å². The molecule has 2 aromatic carbocycles. The SMILES string of the molecule is O=C(Cn1cncn1)Nc1cccc(OCc2ccc(Cl)cc2)c1. The standard InChI is InChI=1S/C17H15ClN4O2/c18-14-6-4-13(5-7-14)10-24-16-3-1-2-15(8-16)21-17(23)9-22-12-19-11-20-22/h1-8,11-12H,9-10H2,(H,21,23). The summed E-state index contributed by atoms with van der Waals surface area (Å²) in [5, 5.41) is 7.39. The van der Waals surface area contributed by atoms with Gasteiger partial charge in [0.05, 0.1) is 0 Å². The topological polar surface area (TPSA) is 69.0 Å². The average Bonchev–Trinajstić information content (AvgIpc) is 3.07. The van der Waals surface area contributed by atoms with E-state index in [1.54, 1.807) is 12.1 Å². The molecule has 1 heterocycles. The van der Waals surface area contributed by atoms with Crippen molar-refractivity contribution in [2.24, 2.45) is 0 Å². The van der Waals surface area contributed by atoms with Gasteiger partial charge < -0.3 is 10.1 Å². The van der Waals surface area contributed by atoms with E-state index in [1.807, 2.05) is 36.4 Å². The summed E-state index contributed by atoms with van der Waals surface area (Å²) in [7, 11) is 0. The third-order valence-electron chi connectivity index (χ3n) is 3.21. The second-order valence-corrected chi connectivity index (χ2v) is 5.52. The monoisotopic (exact) mass is 342 g/mol. The number of anilines is 1. The van der Waals surface area contributed by atoms with Crippen molar-refractivity contribution >= 4 is 23.2 Å². The van der Waals surface area contributed by atoms with E-state index in [1.165, 1.54) is 17.3 Å². The molecule has 1 N–H and O–H groups in total. The Bertz CT molecular complexity index is 804. The van der Waals surface area contributed by atoms with Gasteiger partial charge in [-0.1, -0.05) is 29.8 Å². The van der Waals surface area contributed by atoms with E-state index in [0.717, 1.165) is 5.56 Å². The fraction of sp³-hybridized carbons (Fsp3) is 0.118. The van der Waals surface area contributed by atoms with Crippen molar-refractivity contribution < 1.29 is 9.53 Å². The van der Waals surface area contributed by atoms with Gasteiger partial charge in [-0.15, -0.1) is 0 Å².